The smallest absolute Gasteiger partial charge is 0.420 e. The molecule has 25 heavy (non-hydrogen) atoms. The minimum Gasteiger partial charge on any atom is -1.00 e. The molecule has 3 N–H and O–H groups in total. The van der Waals surface area contributed by atoms with Crippen LogP contribution in [0.2, 0.25) is 0 Å². The van der Waals surface area contributed by atoms with Crippen LogP contribution >= 0.6 is 0 Å². The number of primary amides is 1. The van der Waals surface area contributed by atoms with Crippen molar-refractivity contribution in [2.24, 2.45) is 0 Å². The quantitative estimate of drug-likeness (QED) is 0.135. The molecule has 1 heterocycles. The van der Waals surface area contributed by atoms with Crippen molar-refractivity contribution in [3.05, 3.63) is 0 Å². The van der Waals surface area contributed by atoms with Gasteiger partial charge in [0.15, 0.2) is 6.04 Å². The average molecular weight is 579 g/mol. The molecule has 0 aromatic heterocycles. The Hall–Kier alpha value is 0.560. The van der Waals surface area contributed by atoms with Crippen LogP contribution in [0, 0.1) is 0 Å². The van der Waals surface area contributed by atoms with Gasteiger partial charge in [-0.15, -0.1) is 0 Å². The summed E-state index contributed by atoms with van der Waals surface area (Å²) in [6.07, 6.45) is 19.6. The molecule has 1 atom stereocenters. The lowest BCUT2D eigenvalue weighted by atomic mass is 10.0. The van der Waals surface area contributed by atoms with Crippen molar-refractivity contribution in [3.8, 4) is 0 Å². The topological polar surface area (TPSA) is 62.8 Å². The highest BCUT2D eigenvalue weighted by Crippen LogP contribution is 2.13. The number of carbonyl (C=O) groups excluding carboxylic acids is 2. The molecule has 0 aromatic carbocycles. The van der Waals surface area contributed by atoms with E-state index in [-0.39, 0.29) is 65.9 Å². The highest BCUT2D eigenvalue weighted by Gasteiger charge is 2.33. The largest absolute Gasteiger partial charge is 1.00 e. The first kappa shape index (κ1) is 27.8. The Morgan fingerprint density at radius 3 is 1.48 bits per heavy atom. The molecule has 1 aliphatic rings. The van der Waals surface area contributed by atoms with Crippen molar-refractivity contribution in [1.82, 2.24) is 5.32 Å². The second-order valence-corrected chi connectivity index (χ2v) is 7.01. The number of hydrogen-bond acceptors (Lipinski definition) is 2. The van der Waals surface area contributed by atoms with Crippen LogP contribution < -0.4 is 58.6 Å². The van der Waals surface area contributed by atoms with E-state index in [2.05, 4.69) is 12.2 Å². The van der Waals surface area contributed by atoms with Gasteiger partial charge in [-0.1, -0.05) is 90.4 Å². The number of halogens is 2. The Bertz CT molecular complexity index is 341. The van der Waals surface area contributed by atoms with E-state index in [9.17, 15) is 9.59 Å². The number of quaternary nitrogens is 1. The molecule has 0 bridgehead atoms. The molecule has 4 nitrogen and oxygen atoms in total. The molecule has 1 fully saturated rings. The lowest BCUT2D eigenvalue weighted by molar-refractivity contribution is -0.571. The van der Waals surface area contributed by atoms with Gasteiger partial charge in [-0.05, 0) is 6.42 Å². The molecule has 0 saturated carbocycles. The van der Waals surface area contributed by atoms with Crippen molar-refractivity contribution in [3.63, 3.8) is 0 Å². The lowest BCUT2D eigenvalue weighted by Crippen LogP contribution is -3.00. The SMILES string of the molecule is CCCCCCCCCCCCCCCCC1[NH2+]C(=O)NC1=O.[I-].[I-]. The number of amides is 3. The predicted octanol–water partition coefficient (Wildman–Crippen LogP) is -1.95. The van der Waals surface area contributed by atoms with Crippen molar-refractivity contribution in [2.45, 2.75) is 109 Å². The zero-order valence-corrected chi connectivity index (χ0v) is 20.1. The van der Waals surface area contributed by atoms with E-state index in [0.717, 1.165) is 12.8 Å². The first-order valence-electron chi connectivity index (χ1n) is 9.93. The van der Waals surface area contributed by atoms with E-state index in [0.29, 0.717) is 0 Å². The normalized spacial score (nSPS) is 16.3. The fourth-order valence-corrected chi connectivity index (χ4v) is 3.29. The van der Waals surface area contributed by atoms with Gasteiger partial charge in [-0.2, -0.15) is 0 Å². The Balaban J connectivity index is 0. The van der Waals surface area contributed by atoms with Gasteiger partial charge in [0.2, 0.25) is 0 Å². The molecule has 0 aliphatic carbocycles. The first-order valence-corrected chi connectivity index (χ1v) is 9.93. The van der Waals surface area contributed by atoms with Gasteiger partial charge in [0, 0.05) is 6.42 Å². The maximum Gasteiger partial charge on any atom is 0.420 e. The van der Waals surface area contributed by atoms with Crippen molar-refractivity contribution in [2.75, 3.05) is 0 Å². The van der Waals surface area contributed by atoms with Crippen molar-refractivity contribution < 1.29 is 62.9 Å². The van der Waals surface area contributed by atoms with Crippen LogP contribution in [0.3, 0.4) is 0 Å². The molecule has 1 rings (SSSR count). The van der Waals surface area contributed by atoms with Crippen molar-refractivity contribution in [1.29, 1.82) is 0 Å². The summed E-state index contributed by atoms with van der Waals surface area (Å²) in [4.78, 5) is 22.4. The summed E-state index contributed by atoms with van der Waals surface area (Å²) in [5.74, 6) is -0.107. The number of hydrogen-bond donors (Lipinski definition) is 2. The number of rotatable bonds is 15. The number of nitrogens with two attached hydrogens (primary N) is 1. The Kier molecular flexibility index (Phi) is 21.5. The summed E-state index contributed by atoms with van der Waals surface area (Å²) in [6.45, 7) is 2.27. The molecule has 1 saturated heterocycles. The van der Waals surface area contributed by atoms with E-state index in [1.54, 1.807) is 0 Å². The van der Waals surface area contributed by atoms with E-state index in [1.165, 1.54) is 88.8 Å². The maximum absolute atomic E-state index is 11.4. The third-order valence-electron chi connectivity index (χ3n) is 4.80. The second-order valence-electron chi connectivity index (χ2n) is 7.01. The number of nitrogens with one attached hydrogen (secondary N) is 1. The van der Waals surface area contributed by atoms with Gasteiger partial charge in [0.05, 0.1) is 0 Å². The summed E-state index contributed by atoms with van der Waals surface area (Å²) in [5, 5.41) is 3.87. The van der Waals surface area contributed by atoms with Gasteiger partial charge < -0.3 is 48.0 Å². The minimum atomic E-state index is -0.217. The number of unbranched alkanes of at least 4 members (excludes halogenated alkanes) is 13. The summed E-state index contributed by atoms with van der Waals surface area (Å²) < 4.78 is 0. The number of carbonyl (C=O) groups is 2. The lowest BCUT2D eigenvalue weighted by Gasteiger charge is -2.04. The molecule has 3 amide bonds. The van der Waals surface area contributed by atoms with Crippen LogP contribution in [0.25, 0.3) is 0 Å². The first-order chi connectivity index (χ1) is 11.2. The predicted molar refractivity (Wildman–Crippen MR) is 94.2 cm³/mol. The monoisotopic (exact) mass is 579 g/mol. The standard InChI is InChI=1S/C19H36N2O2.2HI/c1-2-3-4-5-6-7-8-9-10-11-12-13-14-15-16-17-18(22)21-19(23)20-17;;/h17H,2-16H2,1H3,(H2,20,21,22,23);2*1H/p-1. The molecule has 0 radical (unpaired) electrons. The van der Waals surface area contributed by atoms with Crippen LogP contribution in [-0.4, -0.2) is 18.0 Å². The van der Waals surface area contributed by atoms with Crippen LogP contribution in [0.1, 0.15) is 103 Å². The highest BCUT2D eigenvalue weighted by atomic mass is 127. The van der Waals surface area contributed by atoms with Crippen LogP contribution in [0.4, 0.5) is 4.79 Å². The van der Waals surface area contributed by atoms with Gasteiger partial charge >= 0.3 is 6.03 Å². The van der Waals surface area contributed by atoms with E-state index in [1.807, 2.05) is 0 Å². The zero-order chi connectivity index (χ0) is 16.8. The Morgan fingerprint density at radius 1 is 0.720 bits per heavy atom. The van der Waals surface area contributed by atoms with Crippen molar-refractivity contribution >= 4 is 11.9 Å². The Morgan fingerprint density at radius 2 is 1.12 bits per heavy atom. The summed E-state index contributed by atoms with van der Waals surface area (Å²) >= 11 is 0. The average Bonchev–Trinajstić information content (AvgIpc) is 2.85. The summed E-state index contributed by atoms with van der Waals surface area (Å²) in [5.41, 5.74) is 0. The van der Waals surface area contributed by atoms with Gasteiger partial charge in [-0.25, -0.2) is 10.1 Å². The highest BCUT2D eigenvalue weighted by molar-refractivity contribution is 5.97. The van der Waals surface area contributed by atoms with E-state index >= 15 is 0 Å². The van der Waals surface area contributed by atoms with Gasteiger partial charge in [0.25, 0.3) is 5.91 Å². The molecule has 0 spiro atoms. The fourth-order valence-electron chi connectivity index (χ4n) is 3.29. The summed E-state index contributed by atoms with van der Waals surface area (Å²) in [7, 11) is 0. The molecule has 150 valence electrons. The maximum atomic E-state index is 11.4. The van der Waals surface area contributed by atoms with Gasteiger partial charge in [0.1, 0.15) is 0 Å². The van der Waals surface area contributed by atoms with E-state index in [4.69, 9.17) is 0 Å². The third kappa shape index (κ3) is 15.3. The van der Waals surface area contributed by atoms with Gasteiger partial charge in [-0.3, -0.25) is 10.1 Å². The van der Waals surface area contributed by atoms with Crippen LogP contribution in [0.5, 0.6) is 0 Å². The number of urea groups is 1. The zero-order valence-electron chi connectivity index (χ0n) is 15.8. The molecule has 1 unspecified atom stereocenters. The van der Waals surface area contributed by atoms with Crippen LogP contribution in [0.15, 0.2) is 0 Å². The second kappa shape index (κ2) is 19.3. The molecule has 6 heteroatoms. The molecular weight excluding hydrogens is 542 g/mol. The Labute approximate surface area is 188 Å². The molecular formula is C19H37I2N2O2-. The number of imide groups is 1. The fraction of sp³-hybridized carbons (Fsp3) is 0.895. The third-order valence-corrected chi connectivity index (χ3v) is 4.80. The van der Waals surface area contributed by atoms with E-state index < -0.39 is 0 Å². The molecule has 1 aliphatic heterocycles. The van der Waals surface area contributed by atoms with Crippen LogP contribution in [-0.2, 0) is 4.79 Å². The minimum absolute atomic E-state index is 0. The molecule has 0 aromatic rings. The summed E-state index contributed by atoms with van der Waals surface area (Å²) in [6, 6.07) is -0.384.